The molecule has 0 heterocycles. The lowest BCUT2D eigenvalue weighted by atomic mass is 9.74. The van der Waals surface area contributed by atoms with E-state index in [0.29, 0.717) is 0 Å². The maximum absolute atomic E-state index is 6.15. The molecule has 2 atom stereocenters. The summed E-state index contributed by atoms with van der Waals surface area (Å²) in [5, 5.41) is 0. The van der Waals surface area contributed by atoms with E-state index in [2.05, 4.69) is 38.1 Å². The molecular formula is C35H60O. The van der Waals surface area contributed by atoms with Crippen molar-refractivity contribution < 1.29 is 4.74 Å². The monoisotopic (exact) mass is 496 g/mol. The maximum Gasteiger partial charge on any atom is 0.119 e. The molecule has 2 aliphatic rings. The predicted octanol–water partition coefficient (Wildman–Crippen LogP) is 11.3. The molecule has 1 aromatic carbocycles. The Morgan fingerprint density at radius 1 is 0.583 bits per heavy atom. The van der Waals surface area contributed by atoms with E-state index >= 15 is 0 Å². The van der Waals surface area contributed by atoms with Crippen LogP contribution in [0.4, 0.5) is 0 Å². The zero-order valence-corrected chi connectivity index (χ0v) is 24.3. The molecule has 2 saturated carbocycles. The summed E-state index contributed by atoms with van der Waals surface area (Å²) in [7, 11) is 0. The molecule has 2 fully saturated rings. The fourth-order valence-electron chi connectivity index (χ4n) is 7.21. The van der Waals surface area contributed by atoms with Crippen molar-refractivity contribution in [2.24, 2.45) is 23.7 Å². The van der Waals surface area contributed by atoms with Crippen LogP contribution >= 0.6 is 0 Å². The molecule has 1 aromatic rings. The highest BCUT2D eigenvalue weighted by Gasteiger charge is 2.24. The summed E-state index contributed by atoms with van der Waals surface area (Å²) in [6.07, 6.45) is 31.4. The lowest BCUT2D eigenvalue weighted by Crippen LogP contribution is -2.20. The summed E-state index contributed by atoms with van der Waals surface area (Å²) in [6, 6.07) is 9.09. The highest BCUT2D eigenvalue weighted by molar-refractivity contribution is 5.27. The Morgan fingerprint density at radius 3 is 1.75 bits per heavy atom. The second-order valence-corrected chi connectivity index (χ2v) is 12.6. The summed E-state index contributed by atoms with van der Waals surface area (Å²) in [5.74, 6) is 5.02. The van der Waals surface area contributed by atoms with Crippen LogP contribution in [-0.4, -0.2) is 6.61 Å². The lowest BCUT2D eigenvalue weighted by Gasteiger charge is -2.31. The molecule has 0 saturated heterocycles. The van der Waals surface area contributed by atoms with E-state index in [0.717, 1.165) is 36.0 Å². The number of aryl methyl sites for hydroxylation is 1. The van der Waals surface area contributed by atoms with Gasteiger partial charge in [-0.15, -0.1) is 0 Å². The van der Waals surface area contributed by atoms with Crippen LogP contribution in [0.3, 0.4) is 0 Å². The maximum atomic E-state index is 6.15. The molecule has 2 aliphatic carbocycles. The van der Waals surface area contributed by atoms with Crippen molar-refractivity contribution in [3.05, 3.63) is 29.8 Å². The molecule has 0 amide bonds. The van der Waals surface area contributed by atoms with Gasteiger partial charge < -0.3 is 4.74 Å². The number of hydrogen-bond donors (Lipinski definition) is 0. The Morgan fingerprint density at radius 2 is 1.14 bits per heavy atom. The van der Waals surface area contributed by atoms with E-state index in [-0.39, 0.29) is 0 Å². The van der Waals surface area contributed by atoms with Crippen molar-refractivity contribution in [2.45, 2.75) is 155 Å². The van der Waals surface area contributed by atoms with Crippen molar-refractivity contribution in [2.75, 3.05) is 6.61 Å². The third-order valence-electron chi connectivity index (χ3n) is 9.68. The Hall–Kier alpha value is -0.980. The molecule has 2 unspecified atom stereocenters. The smallest absolute Gasteiger partial charge is 0.119 e. The van der Waals surface area contributed by atoms with Crippen LogP contribution in [0.1, 0.15) is 154 Å². The molecule has 0 aliphatic heterocycles. The number of rotatable bonds is 18. The van der Waals surface area contributed by atoms with Crippen LogP contribution in [-0.2, 0) is 6.42 Å². The van der Waals surface area contributed by atoms with Gasteiger partial charge in [0.15, 0.2) is 0 Å². The average Bonchev–Trinajstić information content (AvgIpc) is 2.92. The zero-order chi connectivity index (χ0) is 25.3. The van der Waals surface area contributed by atoms with Gasteiger partial charge in [-0.25, -0.2) is 0 Å². The minimum absolute atomic E-state index is 0.889. The molecule has 1 heteroatoms. The van der Waals surface area contributed by atoms with Gasteiger partial charge in [-0.05, 0) is 67.1 Å². The van der Waals surface area contributed by atoms with E-state index in [1.54, 1.807) is 0 Å². The second kappa shape index (κ2) is 18.3. The summed E-state index contributed by atoms with van der Waals surface area (Å²) in [6.45, 7) is 5.52. The Labute approximate surface area is 225 Å². The topological polar surface area (TPSA) is 9.23 Å². The van der Waals surface area contributed by atoms with Crippen molar-refractivity contribution >= 4 is 0 Å². The average molecular weight is 497 g/mol. The van der Waals surface area contributed by atoms with Gasteiger partial charge in [-0.1, -0.05) is 142 Å². The van der Waals surface area contributed by atoms with Crippen LogP contribution in [0, 0.1) is 23.7 Å². The van der Waals surface area contributed by atoms with Gasteiger partial charge in [0.25, 0.3) is 0 Å². The first kappa shape index (κ1) is 29.6. The summed E-state index contributed by atoms with van der Waals surface area (Å²) < 4.78 is 6.15. The molecule has 36 heavy (non-hydrogen) atoms. The van der Waals surface area contributed by atoms with Crippen LogP contribution in [0.25, 0.3) is 0 Å². The third kappa shape index (κ3) is 11.6. The highest BCUT2D eigenvalue weighted by Crippen LogP contribution is 2.37. The molecule has 0 radical (unpaired) electrons. The first-order chi connectivity index (χ1) is 17.8. The molecule has 0 aromatic heterocycles. The van der Waals surface area contributed by atoms with Crippen molar-refractivity contribution in [1.82, 2.24) is 0 Å². The van der Waals surface area contributed by atoms with E-state index in [1.165, 1.54) is 147 Å². The molecule has 0 N–H and O–H groups in total. The SMILES string of the molecule is CCCCCCC1CCC(CCc2ccc(OCCCC3CCCCC3CCCCCC)cc2)CC1. The van der Waals surface area contributed by atoms with E-state index in [9.17, 15) is 0 Å². The Bertz CT molecular complexity index is 641. The van der Waals surface area contributed by atoms with Crippen LogP contribution < -0.4 is 4.74 Å². The predicted molar refractivity (Wildman–Crippen MR) is 158 cm³/mol. The van der Waals surface area contributed by atoms with E-state index in [1.807, 2.05) is 0 Å². The molecule has 206 valence electrons. The van der Waals surface area contributed by atoms with Gasteiger partial charge in [0.05, 0.1) is 6.61 Å². The fourth-order valence-corrected chi connectivity index (χ4v) is 7.21. The summed E-state index contributed by atoms with van der Waals surface area (Å²) in [4.78, 5) is 0. The molecule has 0 bridgehead atoms. The quantitative estimate of drug-likeness (QED) is 0.184. The first-order valence-electron chi connectivity index (χ1n) is 16.5. The number of benzene rings is 1. The van der Waals surface area contributed by atoms with Crippen molar-refractivity contribution in [3.8, 4) is 5.75 Å². The number of hydrogen-bond acceptors (Lipinski definition) is 1. The minimum atomic E-state index is 0.889. The van der Waals surface area contributed by atoms with Gasteiger partial charge in [-0.2, -0.15) is 0 Å². The van der Waals surface area contributed by atoms with Gasteiger partial charge in [0.1, 0.15) is 5.75 Å². The van der Waals surface area contributed by atoms with Crippen molar-refractivity contribution in [1.29, 1.82) is 0 Å². The second-order valence-electron chi connectivity index (χ2n) is 12.6. The summed E-state index contributed by atoms with van der Waals surface area (Å²) in [5.41, 5.74) is 1.50. The number of ether oxygens (including phenoxy) is 1. The Balaban J connectivity index is 1.25. The zero-order valence-electron chi connectivity index (χ0n) is 24.3. The van der Waals surface area contributed by atoms with E-state index in [4.69, 9.17) is 4.74 Å². The minimum Gasteiger partial charge on any atom is -0.494 e. The standard InChI is InChI=1S/C35H60O/c1-3-5-7-9-14-30-19-21-31(22-20-30)23-24-32-25-27-35(28-26-32)36-29-13-18-34-17-12-11-16-33(34)15-10-8-6-4-2/h25-28,30-31,33-34H,3-24,29H2,1-2H3. The Kier molecular flexibility index (Phi) is 15.0. The van der Waals surface area contributed by atoms with Crippen molar-refractivity contribution in [3.63, 3.8) is 0 Å². The van der Waals surface area contributed by atoms with Gasteiger partial charge in [0.2, 0.25) is 0 Å². The molecule has 1 nitrogen and oxygen atoms in total. The lowest BCUT2D eigenvalue weighted by molar-refractivity contribution is 0.190. The van der Waals surface area contributed by atoms with Gasteiger partial charge in [0, 0.05) is 0 Å². The third-order valence-corrected chi connectivity index (χ3v) is 9.68. The van der Waals surface area contributed by atoms with Crippen LogP contribution in [0.15, 0.2) is 24.3 Å². The van der Waals surface area contributed by atoms with Crippen LogP contribution in [0.5, 0.6) is 5.75 Å². The van der Waals surface area contributed by atoms with E-state index < -0.39 is 0 Å². The largest absolute Gasteiger partial charge is 0.494 e. The first-order valence-corrected chi connectivity index (χ1v) is 16.5. The highest BCUT2D eigenvalue weighted by atomic mass is 16.5. The van der Waals surface area contributed by atoms with Crippen LogP contribution in [0.2, 0.25) is 0 Å². The fraction of sp³-hybridized carbons (Fsp3) is 0.829. The number of unbranched alkanes of at least 4 members (excludes halogenated alkanes) is 6. The molecular weight excluding hydrogens is 436 g/mol. The summed E-state index contributed by atoms with van der Waals surface area (Å²) >= 11 is 0. The molecule has 3 rings (SSSR count). The van der Waals surface area contributed by atoms with Gasteiger partial charge in [-0.3, -0.25) is 0 Å². The normalized spacial score (nSPS) is 24.6. The molecule has 0 spiro atoms. The van der Waals surface area contributed by atoms with Gasteiger partial charge >= 0.3 is 0 Å².